The first-order chi connectivity index (χ1) is 8.94. The minimum atomic E-state index is -0.705. The molecule has 2 rings (SSSR count). The summed E-state index contributed by atoms with van der Waals surface area (Å²) in [6.45, 7) is 2.17. The molecular weight excluding hydrogens is 240 g/mol. The zero-order chi connectivity index (χ0) is 14.0. The van der Waals surface area contributed by atoms with Gasteiger partial charge in [-0.15, -0.1) is 0 Å². The number of aliphatic hydroxyl groups is 1. The Bertz CT molecular complexity index is 334. The number of rotatable bonds is 2. The lowest BCUT2D eigenvalue weighted by Gasteiger charge is -2.42. The van der Waals surface area contributed by atoms with Crippen LogP contribution in [0.15, 0.2) is 0 Å². The number of hydrogen-bond acceptors (Lipinski definition) is 3. The molecule has 19 heavy (non-hydrogen) atoms. The lowest BCUT2D eigenvalue weighted by Crippen LogP contribution is -2.60. The van der Waals surface area contributed by atoms with Crippen molar-refractivity contribution < 1.29 is 9.90 Å². The highest BCUT2D eigenvalue weighted by Crippen LogP contribution is 2.33. The number of likely N-dealkylation sites (N-methyl/N-ethyl adjacent to an activating group) is 1. The second kappa shape index (κ2) is 5.80. The highest BCUT2D eigenvalue weighted by Gasteiger charge is 2.42. The van der Waals surface area contributed by atoms with Crippen LogP contribution in [-0.4, -0.2) is 40.6 Å². The van der Waals surface area contributed by atoms with Crippen LogP contribution < -0.4 is 5.73 Å². The largest absolute Gasteiger partial charge is 0.391 e. The highest BCUT2D eigenvalue weighted by molar-refractivity contribution is 5.86. The second-order valence-electron chi connectivity index (χ2n) is 6.69. The summed E-state index contributed by atoms with van der Waals surface area (Å²) < 4.78 is 0. The van der Waals surface area contributed by atoms with Gasteiger partial charge in [-0.2, -0.15) is 0 Å². The van der Waals surface area contributed by atoms with Crippen LogP contribution >= 0.6 is 0 Å². The fourth-order valence-corrected chi connectivity index (χ4v) is 3.83. The molecule has 0 bridgehead atoms. The lowest BCUT2D eigenvalue weighted by atomic mass is 9.76. The third-order valence-electron chi connectivity index (χ3n) is 4.97. The van der Waals surface area contributed by atoms with Crippen LogP contribution in [0.1, 0.15) is 58.3 Å². The molecule has 110 valence electrons. The van der Waals surface area contributed by atoms with E-state index in [9.17, 15) is 9.90 Å². The Morgan fingerprint density at radius 1 is 1.26 bits per heavy atom. The summed E-state index contributed by atoms with van der Waals surface area (Å²) >= 11 is 0. The highest BCUT2D eigenvalue weighted by atomic mass is 16.3. The summed E-state index contributed by atoms with van der Waals surface area (Å²) in [6, 6.07) is -0.0427. The van der Waals surface area contributed by atoms with Crippen LogP contribution in [0.5, 0.6) is 0 Å². The van der Waals surface area contributed by atoms with Crippen molar-refractivity contribution in [1.29, 1.82) is 0 Å². The Hall–Kier alpha value is -0.610. The summed E-state index contributed by atoms with van der Waals surface area (Å²) in [5, 5.41) is 10.1. The van der Waals surface area contributed by atoms with Crippen molar-refractivity contribution >= 4 is 5.91 Å². The Morgan fingerprint density at radius 2 is 1.95 bits per heavy atom. The maximum Gasteiger partial charge on any atom is 0.242 e. The summed E-state index contributed by atoms with van der Waals surface area (Å²) in [5.74, 6) is 0.553. The van der Waals surface area contributed by atoms with E-state index in [0.717, 1.165) is 44.9 Å². The summed E-state index contributed by atoms with van der Waals surface area (Å²) in [7, 11) is 1.81. The predicted molar refractivity (Wildman–Crippen MR) is 75.6 cm³/mol. The number of carbonyl (C=O) groups is 1. The molecule has 0 saturated heterocycles. The fourth-order valence-electron chi connectivity index (χ4n) is 3.83. The van der Waals surface area contributed by atoms with Crippen LogP contribution in [0.3, 0.4) is 0 Å². The van der Waals surface area contributed by atoms with Crippen molar-refractivity contribution in [3.05, 3.63) is 0 Å². The molecule has 2 aliphatic rings. The zero-order valence-electron chi connectivity index (χ0n) is 12.3. The molecule has 4 unspecified atom stereocenters. The van der Waals surface area contributed by atoms with Crippen LogP contribution in [0.25, 0.3) is 0 Å². The standard InChI is InChI=1S/C15H28N2O2/c1-11-6-5-9-15(16,10-11)14(19)17(2)12-7-3-4-8-13(12)18/h11-13,18H,3-10,16H2,1-2H3. The number of aliphatic hydroxyl groups excluding tert-OH is 1. The molecule has 0 aromatic heterocycles. The first-order valence-electron chi connectivity index (χ1n) is 7.68. The summed E-state index contributed by atoms with van der Waals surface area (Å²) in [6.07, 6.45) is 7.23. The molecule has 0 spiro atoms. The molecule has 4 nitrogen and oxygen atoms in total. The molecule has 4 atom stereocenters. The fraction of sp³-hybridized carbons (Fsp3) is 0.933. The smallest absolute Gasteiger partial charge is 0.242 e. The van der Waals surface area contributed by atoms with Gasteiger partial charge in [-0.3, -0.25) is 4.79 Å². The van der Waals surface area contributed by atoms with Gasteiger partial charge in [-0.25, -0.2) is 0 Å². The van der Waals surface area contributed by atoms with Crippen molar-refractivity contribution in [2.45, 2.75) is 76.0 Å². The van der Waals surface area contributed by atoms with Crippen molar-refractivity contribution in [2.75, 3.05) is 7.05 Å². The van der Waals surface area contributed by atoms with Crippen LogP contribution in [0, 0.1) is 5.92 Å². The Morgan fingerprint density at radius 3 is 2.58 bits per heavy atom. The van der Waals surface area contributed by atoms with Gasteiger partial charge in [0.25, 0.3) is 0 Å². The third kappa shape index (κ3) is 3.11. The molecule has 2 aliphatic carbocycles. The SMILES string of the molecule is CC1CCCC(N)(C(=O)N(C)C2CCCCC2O)C1. The Kier molecular flexibility index (Phi) is 4.51. The number of carbonyl (C=O) groups excluding carboxylic acids is 1. The van der Waals surface area contributed by atoms with E-state index in [-0.39, 0.29) is 18.1 Å². The summed E-state index contributed by atoms with van der Waals surface area (Å²) in [5.41, 5.74) is 5.67. The van der Waals surface area contributed by atoms with Gasteiger partial charge in [0.15, 0.2) is 0 Å². The molecule has 4 heteroatoms. The quantitative estimate of drug-likeness (QED) is 0.800. The van der Waals surface area contributed by atoms with Gasteiger partial charge in [0.2, 0.25) is 5.91 Å². The van der Waals surface area contributed by atoms with E-state index >= 15 is 0 Å². The van der Waals surface area contributed by atoms with Crippen LogP contribution in [0.4, 0.5) is 0 Å². The number of hydrogen-bond donors (Lipinski definition) is 2. The third-order valence-corrected chi connectivity index (χ3v) is 4.97. The zero-order valence-corrected chi connectivity index (χ0v) is 12.3. The molecule has 0 aromatic carbocycles. The molecular formula is C15H28N2O2. The number of nitrogens with two attached hydrogens (primary N) is 1. The van der Waals surface area contributed by atoms with Gasteiger partial charge in [-0.05, 0) is 31.6 Å². The van der Waals surface area contributed by atoms with E-state index in [1.165, 1.54) is 6.42 Å². The molecule has 0 aromatic rings. The number of amides is 1. The van der Waals surface area contributed by atoms with Crippen molar-refractivity contribution in [3.63, 3.8) is 0 Å². The number of nitrogens with zero attached hydrogens (tertiary/aromatic N) is 1. The summed E-state index contributed by atoms with van der Waals surface area (Å²) in [4.78, 5) is 14.4. The molecule has 2 saturated carbocycles. The van der Waals surface area contributed by atoms with E-state index < -0.39 is 5.54 Å². The maximum atomic E-state index is 12.7. The van der Waals surface area contributed by atoms with Crippen LogP contribution in [0.2, 0.25) is 0 Å². The minimum Gasteiger partial charge on any atom is -0.391 e. The molecule has 1 amide bonds. The first kappa shape index (κ1) is 14.8. The lowest BCUT2D eigenvalue weighted by molar-refractivity contribution is -0.143. The van der Waals surface area contributed by atoms with Gasteiger partial charge in [0.1, 0.15) is 0 Å². The van der Waals surface area contributed by atoms with E-state index in [1.807, 2.05) is 7.05 Å². The van der Waals surface area contributed by atoms with Crippen molar-refractivity contribution in [1.82, 2.24) is 4.90 Å². The molecule has 0 radical (unpaired) electrons. The minimum absolute atomic E-state index is 0.0324. The predicted octanol–water partition coefficient (Wildman–Crippen LogP) is 1.66. The van der Waals surface area contributed by atoms with Gasteiger partial charge in [0.05, 0.1) is 17.7 Å². The monoisotopic (exact) mass is 268 g/mol. The van der Waals surface area contributed by atoms with E-state index in [1.54, 1.807) is 4.90 Å². The maximum absolute atomic E-state index is 12.7. The second-order valence-corrected chi connectivity index (χ2v) is 6.69. The normalized spacial score (nSPS) is 39.9. The van der Waals surface area contributed by atoms with E-state index in [2.05, 4.69) is 6.92 Å². The first-order valence-corrected chi connectivity index (χ1v) is 7.68. The van der Waals surface area contributed by atoms with E-state index in [4.69, 9.17) is 5.73 Å². The van der Waals surface area contributed by atoms with Crippen molar-refractivity contribution in [2.24, 2.45) is 11.7 Å². The Labute approximate surface area is 116 Å². The van der Waals surface area contributed by atoms with Gasteiger partial charge >= 0.3 is 0 Å². The van der Waals surface area contributed by atoms with Gasteiger partial charge in [-0.1, -0.05) is 32.6 Å². The van der Waals surface area contributed by atoms with E-state index in [0.29, 0.717) is 5.92 Å². The molecule has 0 aliphatic heterocycles. The van der Waals surface area contributed by atoms with Gasteiger partial charge < -0.3 is 15.7 Å². The molecule has 0 heterocycles. The Balaban J connectivity index is 2.05. The average molecular weight is 268 g/mol. The average Bonchev–Trinajstić information content (AvgIpc) is 2.37. The topological polar surface area (TPSA) is 66.6 Å². The molecule has 3 N–H and O–H groups in total. The van der Waals surface area contributed by atoms with Crippen LogP contribution in [-0.2, 0) is 4.79 Å². The molecule has 2 fully saturated rings. The van der Waals surface area contributed by atoms with Crippen molar-refractivity contribution in [3.8, 4) is 0 Å². The van der Waals surface area contributed by atoms with Gasteiger partial charge in [0, 0.05) is 7.05 Å².